The van der Waals surface area contributed by atoms with E-state index in [0.29, 0.717) is 0 Å². The van der Waals surface area contributed by atoms with Gasteiger partial charge in [-0.15, -0.1) is 0 Å². The van der Waals surface area contributed by atoms with Gasteiger partial charge in [-0.05, 0) is 11.6 Å². The van der Waals surface area contributed by atoms with Crippen molar-refractivity contribution in [2.45, 2.75) is 19.3 Å². The third kappa shape index (κ3) is 3.40. The smallest absolute Gasteiger partial charge is 0.319 e. The number of rotatable bonds is 5. The number of aromatic nitrogens is 1. The molecule has 0 saturated carbocycles. The fraction of sp³-hybridized carbons (Fsp3) is 0.545. The van der Waals surface area contributed by atoms with E-state index in [9.17, 15) is 4.79 Å². The van der Waals surface area contributed by atoms with Crippen LogP contribution in [0.2, 0.25) is 0 Å². The van der Waals surface area contributed by atoms with Gasteiger partial charge in [0, 0.05) is 24.4 Å². The predicted octanol–water partition coefficient (Wildman–Crippen LogP) is 1.05. The molecule has 2 N–H and O–H groups in total. The van der Waals surface area contributed by atoms with E-state index < -0.39 is 0 Å². The maximum absolute atomic E-state index is 10.9. The molecule has 1 rings (SSSR count). The summed E-state index contributed by atoms with van der Waals surface area (Å²) in [5, 5.41) is 3.08. The van der Waals surface area contributed by atoms with Gasteiger partial charge in [-0.25, -0.2) is 0 Å². The monoisotopic (exact) mass is 210 g/mol. The molecule has 0 aliphatic heterocycles. The number of aromatic amines is 1. The standard InChI is InChI=1S/C11H18N2O2/c1-11(2,9-4-5-12-6-9)8-13-7-10(14)15-3/h4-6,12-13H,7-8H2,1-3H3. The van der Waals surface area contributed by atoms with Gasteiger partial charge in [-0.2, -0.15) is 0 Å². The second-order valence-electron chi connectivity index (χ2n) is 4.16. The van der Waals surface area contributed by atoms with Gasteiger partial charge in [0.1, 0.15) is 0 Å². The summed E-state index contributed by atoms with van der Waals surface area (Å²) in [5.41, 5.74) is 1.23. The molecular formula is C11H18N2O2. The first-order chi connectivity index (χ1) is 7.06. The lowest BCUT2D eigenvalue weighted by Gasteiger charge is -2.23. The highest BCUT2D eigenvalue weighted by Crippen LogP contribution is 2.21. The van der Waals surface area contributed by atoms with Crippen LogP contribution >= 0.6 is 0 Å². The Bertz CT molecular complexity index is 304. The highest BCUT2D eigenvalue weighted by molar-refractivity contribution is 5.71. The van der Waals surface area contributed by atoms with Crippen LogP contribution in [0.25, 0.3) is 0 Å². The van der Waals surface area contributed by atoms with Crippen LogP contribution < -0.4 is 5.32 Å². The summed E-state index contributed by atoms with van der Waals surface area (Å²) >= 11 is 0. The van der Waals surface area contributed by atoms with E-state index in [4.69, 9.17) is 0 Å². The van der Waals surface area contributed by atoms with Crippen molar-refractivity contribution in [2.75, 3.05) is 20.2 Å². The molecule has 1 aromatic heterocycles. The minimum absolute atomic E-state index is 0.00796. The Kier molecular flexibility index (Phi) is 3.91. The Labute approximate surface area is 90.0 Å². The van der Waals surface area contributed by atoms with Crippen LogP contribution in [-0.2, 0) is 14.9 Å². The zero-order chi connectivity index (χ0) is 11.3. The molecule has 0 fully saturated rings. The van der Waals surface area contributed by atoms with E-state index in [1.165, 1.54) is 12.7 Å². The molecule has 1 aromatic rings. The molecule has 0 atom stereocenters. The first kappa shape index (κ1) is 11.8. The second-order valence-corrected chi connectivity index (χ2v) is 4.16. The third-order valence-electron chi connectivity index (χ3n) is 2.44. The Morgan fingerprint density at radius 3 is 2.87 bits per heavy atom. The highest BCUT2D eigenvalue weighted by atomic mass is 16.5. The molecule has 4 heteroatoms. The van der Waals surface area contributed by atoms with Crippen LogP contribution in [0.1, 0.15) is 19.4 Å². The third-order valence-corrected chi connectivity index (χ3v) is 2.44. The van der Waals surface area contributed by atoms with Crippen LogP contribution in [0.5, 0.6) is 0 Å². The number of hydrogen-bond donors (Lipinski definition) is 2. The van der Waals surface area contributed by atoms with E-state index in [0.717, 1.165) is 6.54 Å². The lowest BCUT2D eigenvalue weighted by molar-refractivity contribution is -0.139. The summed E-state index contributed by atoms with van der Waals surface area (Å²) in [7, 11) is 1.39. The van der Waals surface area contributed by atoms with Crippen molar-refractivity contribution in [3.05, 3.63) is 24.0 Å². The van der Waals surface area contributed by atoms with Gasteiger partial charge in [0.15, 0.2) is 0 Å². The van der Waals surface area contributed by atoms with Gasteiger partial charge >= 0.3 is 5.97 Å². The van der Waals surface area contributed by atoms with Crippen LogP contribution in [0, 0.1) is 0 Å². The second kappa shape index (κ2) is 4.98. The van der Waals surface area contributed by atoms with Crippen LogP contribution in [0.15, 0.2) is 18.5 Å². The summed E-state index contributed by atoms with van der Waals surface area (Å²) in [6, 6.07) is 2.04. The van der Waals surface area contributed by atoms with E-state index in [-0.39, 0.29) is 17.9 Å². The molecule has 0 bridgehead atoms. The number of esters is 1. The van der Waals surface area contributed by atoms with Gasteiger partial charge in [-0.3, -0.25) is 4.79 Å². The van der Waals surface area contributed by atoms with Crippen molar-refractivity contribution in [3.63, 3.8) is 0 Å². The Morgan fingerprint density at radius 2 is 2.33 bits per heavy atom. The van der Waals surface area contributed by atoms with Crippen molar-refractivity contribution in [2.24, 2.45) is 0 Å². The van der Waals surface area contributed by atoms with Crippen molar-refractivity contribution >= 4 is 5.97 Å². The number of carbonyl (C=O) groups is 1. The maximum atomic E-state index is 10.9. The molecule has 1 heterocycles. The maximum Gasteiger partial charge on any atom is 0.319 e. The number of nitrogens with one attached hydrogen (secondary N) is 2. The number of H-pyrrole nitrogens is 1. The van der Waals surface area contributed by atoms with Crippen LogP contribution in [-0.4, -0.2) is 31.2 Å². The predicted molar refractivity (Wildman–Crippen MR) is 58.7 cm³/mol. The van der Waals surface area contributed by atoms with E-state index >= 15 is 0 Å². The topological polar surface area (TPSA) is 54.1 Å². The lowest BCUT2D eigenvalue weighted by Crippen LogP contribution is -2.35. The Morgan fingerprint density at radius 1 is 1.60 bits per heavy atom. The Hall–Kier alpha value is -1.29. The number of ether oxygens (including phenoxy) is 1. The van der Waals surface area contributed by atoms with Crippen LogP contribution in [0.4, 0.5) is 0 Å². The SMILES string of the molecule is COC(=O)CNCC(C)(C)c1cc[nH]c1. The van der Waals surface area contributed by atoms with Gasteiger partial charge in [0.2, 0.25) is 0 Å². The summed E-state index contributed by atoms with van der Waals surface area (Å²) in [5.74, 6) is -0.236. The zero-order valence-corrected chi connectivity index (χ0v) is 9.46. The van der Waals surface area contributed by atoms with E-state index in [2.05, 4.69) is 28.9 Å². The Balaban J connectivity index is 2.41. The summed E-state index contributed by atoms with van der Waals surface area (Å²) in [6.07, 6.45) is 3.87. The van der Waals surface area contributed by atoms with Crippen LogP contribution in [0.3, 0.4) is 0 Å². The van der Waals surface area contributed by atoms with Crippen molar-refractivity contribution in [1.82, 2.24) is 10.3 Å². The molecule has 0 radical (unpaired) electrons. The van der Waals surface area contributed by atoms with Gasteiger partial charge in [-0.1, -0.05) is 13.8 Å². The normalized spacial score (nSPS) is 11.4. The minimum atomic E-state index is -0.236. The van der Waals surface area contributed by atoms with Gasteiger partial charge < -0.3 is 15.0 Å². The average Bonchev–Trinajstić information content (AvgIpc) is 2.70. The van der Waals surface area contributed by atoms with Crippen molar-refractivity contribution in [3.8, 4) is 0 Å². The number of carbonyl (C=O) groups excluding carboxylic acids is 1. The number of hydrogen-bond acceptors (Lipinski definition) is 3. The zero-order valence-electron chi connectivity index (χ0n) is 9.46. The molecule has 4 nitrogen and oxygen atoms in total. The molecule has 0 saturated heterocycles. The first-order valence-corrected chi connectivity index (χ1v) is 4.97. The molecule has 15 heavy (non-hydrogen) atoms. The molecule has 0 spiro atoms. The lowest BCUT2D eigenvalue weighted by atomic mass is 9.86. The molecule has 0 aliphatic carbocycles. The summed E-state index contributed by atoms with van der Waals surface area (Å²) in [6.45, 7) is 5.24. The first-order valence-electron chi connectivity index (χ1n) is 4.97. The quantitative estimate of drug-likeness (QED) is 0.714. The minimum Gasteiger partial charge on any atom is -0.468 e. The molecular weight excluding hydrogens is 192 g/mol. The molecule has 0 unspecified atom stereocenters. The fourth-order valence-electron chi connectivity index (χ4n) is 1.40. The number of methoxy groups -OCH3 is 1. The molecule has 0 amide bonds. The highest BCUT2D eigenvalue weighted by Gasteiger charge is 2.20. The van der Waals surface area contributed by atoms with E-state index in [1.54, 1.807) is 0 Å². The van der Waals surface area contributed by atoms with Crippen molar-refractivity contribution < 1.29 is 9.53 Å². The average molecular weight is 210 g/mol. The molecule has 0 aliphatic rings. The van der Waals surface area contributed by atoms with E-state index in [1.807, 2.05) is 18.5 Å². The summed E-state index contributed by atoms with van der Waals surface area (Å²) < 4.78 is 4.55. The van der Waals surface area contributed by atoms with Gasteiger partial charge in [0.25, 0.3) is 0 Å². The molecule has 84 valence electrons. The molecule has 0 aromatic carbocycles. The van der Waals surface area contributed by atoms with Gasteiger partial charge in [0.05, 0.1) is 13.7 Å². The largest absolute Gasteiger partial charge is 0.468 e. The van der Waals surface area contributed by atoms with Crippen molar-refractivity contribution in [1.29, 1.82) is 0 Å². The fourth-order valence-corrected chi connectivity index (χ4v) is 1.40. The summed E-state index contributed by atoms with van der Waals surface area (Å²) in [4.78, 5) is 13.9.